The number of aliphatic hydroxyl groups is 1. The van der Waals surface area contributed by atoms with Gasteiger partial charge < -0.3 is 10.4 Å². The molecule has 3 heteroatoms. The van der Waals surface area contributed by atoms with Gasteiger partial charge in [-0.25, -0.2) is 0 Å². The molecule has 2 aliphatic carbocycles. The predicted octanol–water partition coefficient (Wildman–Crippen LogP) is 2.24. The van der Waals surface area contributed by atoms with Crippen LogP contribution < -0.4 is 5.32 Å². The van der Waals surface area contributed by atoms with Crippen LogP contribution in [-0.2, 0) is 11.2 Å². The molecule has 1 aromatic carbocycles. The molecule has 4 unspecified atom stereocenters. The Kier molecular flexibility index (Phi) is 3.13. The lowest BCUT2D eigenvalue weighted by molar-refractivity contribution is -0.125. The molecule has 0 spiro atoms. The Labute approximate surface area is 120 Å². The van der Waals surface area contributed by atoms with Crippen molar-refractivity contribution in [1.82, 2.24) is 5.32 Å². The largest absolute Gasteiger partial charge is 0.391 e. The Balaban J connectivity index is 1.75. The zero-order chi connectivity index (χ0) is 14.5. The zero-order valence-corrected chi connectivity index (χ0v) is 12.4. The fourth-order valence-electron chi connectivity index (χ4n) is 3.43. The number of carbonyl (C=O) groups excluding carboxylic acids is 1. The van der Waals surface area contributed by atoms with E-state index in [1.54, 1.807) is 6.92 Å². The molecule has 0 saturated heterocycles. The Morgan fingerprint density at radius 3 is 2.80 bits per heavy atom. The molecule has 1 fully saturated rings. The lowest BCUT2D eigenvalue weighted by Gasteiger charge is -2.29. The van der Waals surface area contributed by atoms with Crippen LogP contribution in [0.3, 0.4) is 0 Å². The Morgan fingerprint density at radius 2 is 2.10 bits per heavy atom. The zero-order valence-electron chi connectivity index (χ0n) is 12.4. The summed E-state index contributed by atoms with van der Waals surface area (Å²) in [5.41, 5.74) is 2.19. The van der Waals surface area contributed by atoms with Crippen molar-refractivity contribution in [3.05, 3.63) is 35.4 Å². The summed E-state index contributed by atoms with van der Waals surface area (Å²) in [7, 11) is 0. The molecular formula is C17H23NO2. The monoisotopic (exact) mass is 273 g/mol. The van der Waals surface area contributed by atoms with Gasteiger partial charge in [-0.1, -0.05) is 24.3 Å². The quantitative estimate of drug-likeness (QED) is 0.887. The first-order valence-electron chi connectivity index (χ1n) is 7.49. The lowest BCUT2D eigenvalue weighted by atomic mass is 9.92. The number of rotatable bonds is 3. The van der Waals surface area contributed by atoms with Crippen LogP contribution in [0.5, 0.6) is 0 Å². The third kappa shape index (κ3) is 2.14. The van der Waals surface area contributed by atoms with Crippen molar-refractivity contribution in [2.45, 2.75) is 51.2 Å². The maximum Gasteiger partial charge on any atom is 0.224 e. The number of hydrogen-bond acceptors (Lipinski definition) is 2. The molecule has 2 N–H and O–H groups in total. The standard InChI is InChI=1S/C17H23NO2/c1-10(19)17(2,3)18-16(20)15-13-9-8-11-6-4-5-7-12(11)14(13)15/h4-7,10,13-15,19H,8-9H2,1-3H3,(H,18,20). The van der Waals surface area contributed by atoms with Gasteiger partial charge in [0, 0.05) is 5.92 Å². The average Bonchev–Trinajstić information content (AvgIpc) is 3.12. The SMILES string of the molecule is CC(O)C(C)(C)NC(=O)C1C2CCc3ccccc3C21. The van der Waals surface area contributed by atoms with E-state index >= 15 is 0 Å². The van der Waals surface area contributed by atoms with Crippen molar-refractivity contribution in [2.75, 3.05) is 0 Å². The second-order valence-corrected chi connectivity index (χ2v) is 6.84. The van der Waals surface area contributed by atoms with Crippen molar-refractivity contribution in [3.8, 4) is 0 Å². The molecule has 2 aliphatic rings. The van der Waals surface area contributed by atoms with Gasteiger partial charge in [0.2, 0.25) is 5.91 Å². The minimum absolute atomic E-state index is 0.0941. The first kappa shape index (κ1) is 13.6. The molecule has 3 rings (SSSR count). The fourth-order valence-corrected chi connectivity index (χ4v) is 3.43. The molecule has 0 bridgehead atoms. The maximum absolute atomic E-state index is 12.5. The molecule has 1 aromatic rings. The van der Waals surface area contributed by atoms with Crippen molar-refractivity contribution in [2.24, 2.45) is 11.8 Å². The number of nitrogens with one attached hydrogen (secondary N) is 1. The van der Waals surface area contributed by atoms with Gasteiger partial charge in [0.15, 0.2) is 0 Å². The summed E-state index contributed by atoms with van der Waals surface area (Å²) in [5, 5.41) is 12.7. The summed E-state index contributed by atoms with van der Waals surface area (Å²) in [6.07, 6.45) is 1.63. The summed E-state index contributed by atoms with van der Waals surface area (Å²) in [5.74, 6) is 1.08. The Bertz CT molecular complexity index is 536. The topological polar surface area (TPSA) is 49.3 Å². The highest BCUT2D eigenvalue weighted by molar-refractivity contribution is 5.84. The van der Waals surface area contributed by atoms with Crippen LogP contribution >= 0.6 is 0 Å². The second-order valence-electron chi connectivity index (χ2n) is 6.84. The van der Waals surface area contributed by atoms with Crippen molar-refractivity contribution in [1.29, 1.82) is 0 Å². The molecule has 4 atom stereocenters. The molecule has 3 nitrogen and oxygen atoms in total. The van der Waals surface area contributed by atoms with E-state index in [2.05, 4.69) is 29.6 Å². The number of aliphatic hydroxyl groups excluding tert-OH is 1. The number of fused-ring (bicyclic) bond motifs is 3. The summed E-state index contributed by atoms with van der Waals surface area (Å²) in [4.78, 5) is 12.5. The van der Waals surface area contributed by atoms with Gasteiger partial charge in [-0.3, -0.25) is 4.79 Å². The fraction of sp³-hybridized carbons (Fsp3) is 0.588. The first-order valence-corrected chi connectivity index (χ1v) is 7.49. The van der Waals surface area contributed by atoms with E-state index in [1.165, 1.54) is 11.1 Å². The molecule has 1 amide bonds. The Hall–Kier alpha value is -1.35. The smallest absolute Gasteiger partial charge is 0.224 e. The van der Waals surface area contributed by atoms with Gasteiger partial charge in [-0.05, 0) is 56.6 Å². The van der Waals surface area contributed by atoms with Gasteiger partial charge in [0.1, 0.15) is 0 Å². The summed E-state index contributed by atoms with van der Waals surface area (Å²) in [6, 6.07) is 8.49. The van der Waals surface area contributed by atoms with E-state index in [0.717, 1.165) is 12.8 Å². The molecule has 108 valence electrons. The van der Waals surface area contributed by atoms with Gasteiger partial charge in [-0.2, -0.15) is 0 Å². The van der Waals surface area contributed by atoms with E-state index in [1.807, 2.05) is 13.8 Å². The number of amides is 1. The number of carbonyl (C=O) groups is 1. The second kappa shape index (κ2) is 4.59. The van der Waals surface area contributed by atoms with E-state index in [9.17, 15) is 9.90 Å². The van der Waals surface area contributed by atoms with Crippen LogP contribution in [0, 0.1) is 11.8 Å². The lowest BCUT2D eigenvalue weighted by Crippen LogP contribution is -2.51. The summed E-state index contributed by atoms with van der Waals surface area (Å²) >= 11 is 0. The van der Waals surface area contributed by atoms with Gasteiger partial charge in [-0.15, -0.1) is 0 Å². The van der Waals surface area contributed by atoms with E-state index in [-0.39, 0.29) is 11.8 Å². The van der Waals surface area contributed by atoms with Crippen LogP contribution in [0.15, 0.2) is 24.3 Å². The minimum Gasteiger partial charge on any atom is -0.391 e. The van der Waals surface area contributed by atoms with Crippen LogP contribution in [-0.4, -0.2) is 22.7 Å². The van der Waals surface area contributed by atoms with E-state index in [4.69, 9.17) is 0 Å². The number of benzene rings is 1. The highest BCUT2D eigenvalue weighted by Gasteiger charge is 2.57. The highest BCUT2D eigenvalue weighted by Crippen LogP contribution is 2.59. The molecule has 0 aliphatic heterocycles. The van der Waals surface area contributed by atoms with Gasteiger partial charge in [0.05, 0.1) is 11.6 Å². The number of aryl methyl sites for hydroxylation is 1. The Morgan fingerprint density at radius 1 is 1.40 bits per heavy atom. The van der Waals surface area contributed by atoms with Crippen LogP contribution in [0.1, 0.15) is 44.2 Å². The molecule has 0 radical (unpaired) electrons. The highest BCUT2D eigenvalue weighted by atomic mass is 16.3. The van der Waals surface area contributed by atoms with Crippen molar-refractivity contribution < 1.29 is 9.90 Å². The van der Waals surface area contributed by atoms with E-state index < -0.39 is 11.6 Å². The van der Waals surface area contributed by atoms with Crippen molar-refractivity contribution in [3.63, 3.8) is 0 Å². The summed E-state index contributed by atoms with van der Waals surface area (Å²) in [6.45, 7) is 5.46. The maximum atomic E-state index is 12.5. The molecule has 0 aromatic heterocycles. The normalized spacial score (nSPS) is 29.1. The van der Waals surface area contributed by atoms with E-state index in [0.29, 0.717) is 11.8 Å². The van der Waals surface area contributed by atoms with Gasteiger partial charge >= 0.3 is 0 Å². The molecular weight excluding hydrogens is 250 g/mol. The third-order valence-electron chi connectivity index (χ3n) is 5.12. The average molecular weight is 273 g/mol. The molecule has 20 heavy (non-hydrogen) atoms. The first-order chi connectivity index (χ1) is 9.42. The van der Waals surface area contributed by atoms with Gasteiger partial charge in [0.25, 0.3) is 0 Å². The summed E-state index contributed by atoms with van der Waals surface area (Å²) < 4.78 is 0. The van der Waals surface area contributed by atoms with Crippen LogP contribution in [0.25, 0.3) is 0 Å². The third-order valence-corrected chi connectivity index (χ3v) is 5.12. The predicted molar refractivity (Wildman–Crippen MR) is 78.4 cm³/mol. The number of hydrogen-bond donors (Lipinski definition) is 2. The van der Waals surface area contributed by atoms with Crippen molar-refractivity contribution >= 4 is 5.91 Å². The van der Waals surface area contributed by atoms with Crippen LogP contribution in [0.4, 0.5) is 0 Å². The molecule has 0 heterocycles. The van der Waals surface area contributed by atoms with Crippen LogP contribution in [0.2, 0.25) is 0 Å². The minimum atomic E-state index is -0.567. The molecule has 1 saturated carbocycles.